The second kappa shape index (κ2) is 9.24. The van der Waals surface area contributed by atoms with E-state index in [0.29, 0.717) is 17.4 Å². The number of hydrazine groups is 2. The Hall–Kier alpha value is -3.76. The molecule has 1 saturated heterocycles. The molecule has 10 nitrogen and oxygen atoms in total. The summed E-state index contributed by atoms with van der Waals surface area (Å²) in [6.07, 6.45) is 7.49. The van der Waals surface area contributed by atoms with Crippen LogP contribution in [0.4, 0.5) is 11.6 Å². The zero-order valence-corrected chi connectivity index (χ0v) is 19.6. The lowest BCUT2D eigenvalue weighted by Gasteiger charge is -2.35. The Bertz CT molecular complexity index is 1230. The van der Waals surface area contributed by atoms with Gasteiger partial charge < -0.3 is 20.5 Å². The summed E-state index contributed by atoms with van der Waals surface area (Å²) in [7, 11) is 6.15. The van der Waals surface area contributed by atoms with E-state index >= 15 is 0 Å². The van der Waals surface area contributed by atoms with E-state index in [-0.39, 0.29) is 5.91 Å². The molecule has 0 saturated carbocycles. The highest BCUT2D eigenvalue weighted by molar-refractivity contribution is 6.04. The van der Waals surface area contributed by atoms with Gasteiger partial charge in [-0.1, -0.05) is 0 Å². The van der Waals surface area contributed by atoms with E-state index < -0.39 is 0 Å². The molecule has 3 aromatic heterocycles. The number of hydrogen-bond donors (Lipinski definition) is 3. The molecule has 0 aromatic carbocycles. The third kappa shape index (κ3) is 4.63. The smallest absolute Gasteiger partial charge is 0.257 e. The number of fused-ring (bicyclic) bond motifs is 1. The number of carbonyl (C=O) groups excluding carboxylic acids is 1. The van der Waals surface area contributed by atoms with Crippen LogP contribution in [0.1, 0.15) is 28.9 Å². The van der Waals surface area contributed by atoms with E-state index in [4.69, 9.17) is 4.98 Å². The summed E-state index contributed by atoms with van der Waals surface area (Å²) >= 11 is 0. The van der Waals surface area contributed by atoms with Gasteiger partial charge in [-0.3, -0.25) is 9.80 Å². The Labute approximate surface area is 198 Å². The Balaban J connectivity index is 1.31. The molecule has 1 amide bonds. The molecule has 10 heteroatoms. The Kier molecular flexibility index (Phi) is 5.99. The minimum absolute atomic E-state index is 0.221. The van der Waals surface area contributed by atoms with Crippen molar-refractivity contribution in [3.63, 3.8) is 0 Å². The fraction of sp³-hybridized carbons (Fsp3) is 0.333. The van der Waals surface area contributed by atoms with Crippen molar-refractivity contribution < 1.29 is 4.79 Å². The number of aromatic nitrogens is 3. The molecule has 3 aromatic rings. The number of carbonyl (C=O) groups is 1. The fourth-order valence-corrected chi connectivity index (χ4v) is 4.30. The molecule has 0 bridgehead atoms. The van der Waals surface area contributed by atoms with E-state index in [1.165, 1.54) is 0 Å². The number of nitrogens with one attached hydrogen (secondary N) is 3. The van der Waals surface area contributed by atoms with Gasteiger partial charge in [-0.15, -0.1) is 5.53 Å². The quantitative estimate of drug-likeness (QED) is 0.529. The molecule has 5 heterocycles. The van der Waals surface area contributed by atoms with Gasteiger partial charge in [0, 0.05) is 61.8 Å². The van der Waals surface area contributed by atoms with Crippen LogP contribution in [-0.4, -0.2) is 71.0 Å². The highest BCUT2D eigenvalue weighted by atomic mass is 16.1. The minimum atomic E-state index is -0.221. The molecule has 34 heavy (non-hydrogen) atoms. The van der Waals surface area contributed by atoms with Crippen molar-refractivity contribution in [3.05, 3.63) is 60.2 Å². The van der Waals surface area contributed by atoms with E-state index in [1.54, 1.807) is 24.5 Å². The average Bonchev–Trinajstić information content (AvgIpc) is 3.30. The summed E-state index contributed by atoms with van der Waals surface area (Å²) in [6, 6.07) is 9.86. The molecule has 0 atom stereocenters. The number of hydrogen-bond acceptors (Lipinski definition) is 9. The summed E-state index contributed by atoms with van der Waals surface area (Å²) in [5.74, 6) is 1.07. The number of amides is 1. The standard InChI is InChI=1S/C24H29N9O/c1-31(2)18-7-10-33(11-8-18)23-12-16(6-9-25-23)24(34)28-22-13-20-17(14-26-22)4-5-19(27-20)21-15-32(3)30-29-21/h4-6,9,12-15,18,29-30H,7-8,10-11H2,1-3H3,(H,26,28,34). The molecule has 3 N–H and O–H groups in total. The zero-order chi connectivity index (χ0) is 23.7. The van der Waals surface area contributed by atoms with Crippen molar-refractivity contribution in [2.45, 2.75) is 18.9 Å². The van der Waals surface area contributed by atoms with Crippen LogP contribution in [-0.2, 0) is 0 Å². The van der Waals surface area contributed by atoms with Gasteiger partial charge in [0.15, 0.2) is 0 Å². The van der Waals surface area contributed by atoms with Crippen LogP contribution in [0, 0.1) is 0 Å². The maximum absolute atomic E-state index is 13.0. The van der Waals surface area contributed by atoms with Crippen LogP contribution in [0.15, 0.2) is 48.9 Å². The Morgan fingerprint density at radius 2 is 1.97 bits per heavy atom. The van der Waals surface area contributed by atoms with Crippen LogP contribution in [0.5, 0.6) is 0 Å². The number of nitrogens with zero attached hydrogens (tertiary/aromatic N) is 6. The third-order valence-electron chi connectivity index (χ3n) is 6.31. The molecule has 0 spiro atoms. The predicted octanol–water partition coefficient (Wildman–Crippen LogP) is 2.06. The van der Waals surface area contributed by atoms with Crippen molar-refractivity contribution in [1.82, 2.24) is 35.8 Å². The normalized spacial score (nSPS) is 16.6. The molecule has 2 aliphatic heterocycles. The van der Waals surface area contributed by atoms with Gasteiger partial charge in [-0.25, -0.2) is 15.0 Å². The lowest BCUT2D eigenvalue weighted by molar-refractivity contribution is 0.102. The minimum Gasteiger partial charge on any atom is -0.356 e. The third-order valence-corrected chi connectivity index (χ3v) is 6.31. The van der Waals surface area contributed by atoms with Gasteiger partial charge in [0.25, 0.3) is 5.91 Å². The highest BCUT2D eigenvalue weighted by Gasteiger charge is 2.22. The largest absolute Gasteiger partial charge is 0.356 e. The van der Waals surface area contributed by atoms with Crippen LogP contribution in [0.2, 0.25) is 0 Å². The molecular weight excluding hydrogens is 430 g/mol. The summed E-state index contributed by atoms with van der Waals surface area (Å²) in [5, 5.41) is 5.61. The van der Waals surface area contributed by atoms with Crippen molar-refractivity contribution in [2.75, 3.05) is 44.4 Å². The Morgan fingerprint density at radius 1 is 1.15 bits per heavy atom. The van der Waals surface area contributed by atoms with Gasteiger partial charge >= 0.3 is 0 Å². The van der Waals surface area contributed by atoms with Gasteiger partial charge in [0.2, 0.25) is 0 Å². The fourth-order valence-electron chi connectivity index (χ4n) is 4.30. The molecule has 2 aliphatic rings. The molecule has 0 aliphatic carbocycles. The summed E-state index contributed by atoms with van der Waals surface area (Å²) in [6.45, 7) is 1.86. The summed E-state index contributed by atoms with van der Waals surface area (Å²) < 4.78 is 0. The molecular formula is C24H29N9O. The predicted molar refractivity (Wildman–Crippen MR) is 133 cm³/mol. The molecule has 0 unspecified atom stereocenters. The van der Waals surface area contributed by atoms with Crippen molar-refractivity contribution in [3.8, 4) is 0 Å². The molecule has 1 fully saturated rings. The first kappa shape index (κ1) is 22.1. The van der Waals surface area contributed by atoms with Gasteiger partial charge in [0.05, 0.1) is 16.9 Å². The second-order valence-electron chi connectivity index (χ2n) is 8.89. The van der Waals surface area contributed by atoms with E-state index in [2.05, 4.69) is 50.1 Å². The maximum atomic E-state index is 13.0. The highest BCUT2D eigenvalue weighted by Crippen LogP contribution is 2.22. The van der Waals surface area contributed by atoms with Crippen LogP contribution in [0.25, 0.3) is 16.6 Å². The SMILES string of the molecule is CN1C=C(c2ccc3cnc(NC(=O)c4ccnc(N5CCC(N(C)C)CC5)c4)cc3n2)NN1. The first-order valence-electron chi connectivity index (χ1n) is 11.4. The van der Waals surface area contributed by atoms with Crippen molar-refractivity contribution in [1.29, 1.82) is 0 Å². The second-order valence-corrected chi connectivity index (χ2v) is 8.89. The molecule has 176 valence electrons. The topological polar surface area (TPSA) is 102 Å². The molecule has 5 rings (SSSR count). The number of pyridine rings is 3. The van der Waals surface area contributed by atoms with Gasteiger partial charge in [-0.05, 0) is 51.2 Å². The van der Waals surface area contributed by atoms with E-state index in [1.807, 2.05) is 36.5 Å². The monoisotopic (exact) mass is 459 g/mol. The van der Waals surface area contributed by atoms with Crippen LogP contribution >= 0.6 is 0 Å². The number of piperidine rings is 1. The lowest BCUT2D eigenvalue weighted by Crippen LogP contribution is -2.42. The van der Waals surface area contributed by atoms with Crippen LogP contribution < -0.4 is 21.2 Å². The first-order chi connectivity index (χ1) is 16.5. The zero-order valence-electron chi connectivity index (χ0n) is 19.6. The number of anilines is 2. The van der Waals surface area contributed by atoms with Gasteiger partial charge in [0.1, 0.15) is 11.6 Å². The average molecular weight is 460 g/mol. The summed E-state index contributed by atoms with van der Waals surface area (Å²) in [4.78, 5) is 31.1. The lowest BCUT2D eigenvalue weighted by atomic mass is 10.0. The van der Waals surface area contributed by atoms with Crippen LogP contribution in [0.3, 0.4) is 0 Å². The molecule has 0 radical (unpaired) electrons. The Morgan fingerprint density at radius 3 is 2.71 bits per heavy atom. The first-order valence-corrected chi connectivity index (χ1v) is 11.4. The number of rotatable bonds is 5. The van der Waals surface area contributed by atoms with E-state index in [0.717, 1.165) is 54.0 Å². The van der Waals surface area contributed by atoms with Gasteiger partial charge in [-0.2, -0.15) is 0 Å². The summed E-state index contributed by atoms with van der Waals surface area (Å²) in [5.41, 5.74) is 9.02. The van der Waals surface area contributed by atoms with E-state index in [9.17, 15) is 4.79 Å². The van der Waals surface area contributed by atoms with Crippen molar-refractivity contribution >= 4 is 34.1 Å². The van der Waals surface area contributed by atoms with Crippen molar-refractivity contribution in [2.24, 2.45) is 0 Å². The maximum Gasteiger partial charge on any atom is 0.257 e.